The van der Waals surface area contributed by atoms with E-state index in [-0.39, 0.29) is 0 Å². The summed E-state index contributed by atoms with van der Waals surface area (Å²) in [6.45, 7) is 9.44. The van der Waals surface area contributed by atoms with Crippen molar-refractivity contribution in [1.29, 1.82) is 0 Å². The predicted molar refractivity (Wildman–Crippen MR) is 79.6 cm³/mol. The third-order valence-electron chi connectivity index (χ3n) is 3.58. The fourth-order valence-electron chi connectivity index (χ4n) is 2.78. The first-order chi connectivity index (χ1) is 9.20. The second-order valence-electron chi connectivity index (χ2n) is 5.84. The Morgan fingerprint density at radius 1 is 1.37 bits per heavy atom. The van der Waals surface area contributed by atoms with Crippen molar-refractivity contribution >= 4 is 0 Å². The van der Waals surface area contributed by atoms with Crippen molar-refractivity contribution in [3.8, 4) is 5.75 Å². The summed E-state index contributed by atoms with van der Waals surface area (Å²) in [6.07, 6.45) is 1.07. The Bertz CT molecular complexity index is 392. The molecule has 1 aliphatic rings. The van der Waals surface area contributed by atoms with Crippen molar-refractivity contribution in [2.24, 2.45) is 11.7 Å². The van der Waals surface area contributed by atoms with Gasteiger partial charge in [-0.25, -0.2) is 0 Å². The number of nitrogens with zero attached hydrogens (tertiary/aromatic N) is 1. The van der Waals surface area contributed by atoms with Crippen LogP contribution < -0.4 is 10.5 Å². The quantitative estimate of drug-likeness (QED) is 0.820. The van der Waals surface area contributed by atoms with Crippen LogP contribution in [0.4, 0.5) is 0 Å². The molecule has 19 heavy (non-hydrogen) atoms. The minimum absolute atomic E-state index is 0.507. The zero-order valence-corrected chi connectivity index (χ0v) is 12.1. The molecule has 0 aromatic heterocycles. The fraction of sp³-hybridized carbons (Fsp3) is 0.625. The van der Waals surface area contributed by atoms with E-state index in [4.69, 9.17) is 10.5 Å². The summed E-state index contributed by atoms with van der Waals surface area (Å²) in [5, 5.41) is 0. The molecule has 3 heteroatoms. The first kappa shape index (κ1) is 14.4. The Labute approximate surface area is 116 Å². The highest BCUT2D eigenvalue weighted by Crippen LogP contribution is 2.33. The summed E-state index contributed by atoms with van der Waals surface area (Å²) in [5.41, 5.74) is 7.01. The zero-order valence-electron chi connectivity index (χ0n) is 12.1. The highest BCUT2D eigenvalue weighted by atomic mass is 16.5. The number of nitrogens with two attached hydrogens (primary N) is 1. The average Bonchev–Trinajstić information content (AvgIpc) is 2.79. The molecule has 0 spiro atoms. The summed E-state index contributed by atoms with van der Waals surface area (Å²) in [4.78, 5) is 2.54. The Hall–Kier alpha value is -1.06. The number of hydrogen-bond acceptors (Lipinski definition) is 3. The van der Waals surface area contributed by atoms with Crippen LogP contribution in [0, 0.1) is 5.92 Å². The number of fused-ring (bicyclic) bond motifs is 1. The van der Waals surface area contributed by atoms with Gasteiger partial charge in [0.05, 0.1) is 6.61 Å². The first-order valence-corrected chi connectivity index (χ1v) is 7.35. The largest absolute Gasteiger partial charge is 0.493 e. The lowest BCUT2D eigenvalue weighted by molar-refractivity contribution is 0.212. The Morgan fingerprint density at radius 3 is 2.89 bits per heavy atom. The van der Waals surface area contributed by atoms with Crippen LogP contribution in [-0.4, -0.2) is 37.7 Å². The van der Waals surface area contributed by atoms with Gasteiger partial charge < -0.3 is 15.4 Å². The molecule has 0 aliphatic carbocycles. The second-order valence-corrected chi connectivity index (χ2v) is 5.84. The van der Waals surface area contributed by atoms with E-state index in [1.54, 1.807) is 0 Å². The van der Waals surface area contributed by atoms with Gasteiger partial charge in [-0.1, -0.05) is 32.0 Å². The van der Waals surface area contributed by atoms with E-state index < -0.39 is 0 Å². The number of benzene rings is 1. The van der Waals surface area contributed by atoms with Gasteiger partial charge in [0.1, 0.15) is 5.75 Å². The molecule has 3 nitrogen and oxygen atoms in total. The molecule has 1 aromatic rings. The molecule has 0 saturated heterocycles. The molecule has 1 aromatic carbocycles. The molecule has 0 fully saturated rings. The van der Waals surface area contributed by atoms with E-state index in [2.05, 4.69) is 36.9 Å². The zero-order chi connectivity index (χ0) is 13.7. The molecule has 1 atom stereocenters. The molecular weight excluding hydrogens is 236 g/mol. The summed E-state index contributed by atoms with van der Waals surface area (Å²) in [6, 6.07) is 8.42. The smallest absolute Gasteiger partial charge is 0.122 e. The van der Waals surface area contributed by atoms with E-state index in [0.717, 1.165) is 45.0 Å². The molecule has 2 N–H and O–H groups in total. The highest BCUT2D eigenvalue weighted by Gasteiger charge is 2.25. The van der Waals surface area contributed by atoms with Crippen molar-refractivity contribution in [2.75, 3.05) is 32.8 Å². The molecule has 1 aliphatic heterocycles. The van der Waals surface area contributed by atoms with Gasteiger partial charge >= 0.3 is 0 Å². The number of rotatable bonds is 7. The Morgan fingerprint density at radius 2 is 2.16 bits per heavy atom. The average molecular weight is 262 g/mol. The third kappa shape index (κ3) is 3.95. The molecule has 1 unspecified atom stereocenters. The van der Waals surface area contributed by atoms with Crippen LogP contribution in [0.1, 0.15) is 31.7 Å². The maximum absolute atomic E-state index is 5.77. The van der Waals surface area contributed by atoms with Gasteiger partial charge in [0.2, 0.25) is 0 Å². The maximum atomic E-state index is 5.77. The summed E-state index contributed by atoms with van der Waals surface area (Å²) in [5.74, 6) is 2.26. The van der Waals surface area contributed by atoms with Crippen LogP contribution >= 0.6 is 0 Å². The Kier molecular flexibility index (Phi) is 5.23. The van der Waals surface area contributed by atoms with Gasteiger partial charge in [-0.15, -0.1) is 0 Å². The number of para-hydroxylation sites is 1. The van der Waals surface area contributed by atoms with Crippen molar-refractivity contribution in [3.63, 3.8) is 0 Å². The molecule has 0 saturated carbocycles. The molecular formula is C16H26N2O. The van der Waals surface area contributed by atoms with Gasteiger partial charge in [-0.05, 0) is 31.5 Å². The monoisotopic (exact) mass is 262 g/mol. The summed E-state index contributed by atoms with van der Waals surface area (Å²) in [7, 11) is 0. The summed E-state index contributed by atoms with van der Waals surface area (Å²) < 4.78 is 5.77. The topological polar surface area (TPSA) is 38.5 Å². The lowest BCUT2D eigenvalue weighted by Gasteiger charge is -2.26. The number of hydrogen-bond donors (Lipinski definition) is 1. The van der Waals surface area contributed by atoms with E-state index in [9.17, 15) is 0 Å². The third-order valence-corrected chi connectivity index (χ3v) is 3.58. The van der Waals surface area contributed by atoms with Gasteiger partial charge in [-0.3, -0.25) is 0 Å². The van der Waals surface area contributed by atoms with Crippen molar-refractivity contribution in [2.45, 2.75) is 26.2 Å². The maximum Gasteiger partial charge on any atom is 0.122 e. The van der Waals surface area contributed by atoms with E-state index >= 15 is 0 Å². The SMILES string of the molecule is CC(C)CN(CCCN)CC1COc2ccccc21. The van der Waals surface area contributed by atoms with Crippen LogP contribution in [0.5, 0.6) is 5.75 Å². The van der Waals surface area contributed by atoms with E-state index in [1.165, 1.54) is 5.56 Å². The van der Waals surface area contributed by atoms with Gasteiger partial charge in [-0.2, -0.15) is 0 Å². The van der Waals surface area contributed by atoms with Crippen LogP contribution in [0.15, 0.2) is 24.3 Å². The molecule has 2 rings (SSSR count). The van der Waals surface area contributed by atoms with Gasteiger partial charge in [0, 0.05) is 24.6 Å². The first-order valence-electron chi connectivity index (χ1n) is 7.35. The fourth-order valence-corrected chi connectivity index (χ4v) is 2.78. The number of ether oxygens (including phenoxy) is 1. The standard InChI is InChI=1S/C16H26N2O/c1-13(2)10-18(9-5-8-17)11-14-12-19-16-7-4-3-6-15(14)16/h3-4,6-7,13-14H,5,8-12,17H2,1-2H3. The van der Waals surface area contributed by atoms with Crippen LogP contribution in [-0.2, 0) is 0 Å². The predicted octanol–water partition coefficient (Wildman–Crippen LogP) is 2.47. The van der Waals surface area contributed by atoms with Gasteiger partial charge in [0.15, 0.2) is 0 Å². The molecule has 1 heterocycles. The second kappa shape index (κ2) is 6.92. The van der Waals surface area contributed by atoms with E-state index in [0.29, 0.717) is 11.8 Å². The summed E-state index contributed by atoms with van der Waals surface area (Å²) >= 11 is 0. The van der Waals surface area contributed by atoms with Crippen LogP contribution in [0.3, 0.4) is 0 Å². The molecule has 106 valence electrons. The normalized spacial score (nSPS) is 17.8. The van der Waals surface area contributed by atoms with Crippen LogP contribution in [0.25, 0.3) is 0 Å². The van der Waals surface area contributed by atoms with Crippen LogP contribution in [0.2, 0.25) is 0 Å². The Balaban J connectivity index is 1.97. The van der Waals surface area contributed by atoms with E-state index in [1.807, 2.05) is 6.07 Å². The van der Waals surface area contributed by atoms with Gasteiger partial charge in [0.25, 0.3) is 0 Å². The minimum atomic E-state index is 0.507. The van der Waals surface area contributed by atoms with Crippen molar-refractivity contribution < 1.29 is 4.74 Å². The molecule has 0 bridgehead atoms. The highest BCUT2D eigenvalue weighted by molar-refractivity contribution is 5.39. The minimum Gasteiger partial charge on any atom is -0.493 e. The molecule has 0 radical (unpaired) electrons. The lowest BCUT2D eigenvalue weighted by Crippen LogP contribution is -2.34. The van der Waals surface area contributed by atoms with Crippen molar-refractivity contribution in [1.82, 2.24) is 4.90 Å². The van der Waals surface area contributed by atoms with Crippen molar-refractivity contribution in [3.05, 3.63) is 29.8 Å². The molecule has 0 amide bonds. The lowest BCUT2D eigenvalue weighted by atomic mass is 10.00.